The Morgan fingerprint density at radius 1 is 0.409 bits per heavy atom. The van der Waals surface area contributed by atoms with Crippen molar-refractivity contribution in [1.29, 1.82) is 10.5 Å². The molecular formula is C42H22N2. The van der Waals surface area contributed by atoms with E-state index in [2.05, 4.69) is 127 Å². The molecule has 0 N–H and O–H groups in total. The number of nitriles is 2. The van der Waals surface area contributed by atoms with Gasteiger partial charge in [-0.25, -0.2) is 0 Å². The summed E-state index contributed by atoms with van der Waals surface area (Å²) in [6.07, 6.45) is 1.71. The van der Waals surface area contributed by atoms with Crippen LogP contribution in [-0.2, 0) is 0 Å². The standard InChI is InChI=1S/C42H22N2/c43-23-25(24-44)22-29-20-21-34-38-30(29)16-9-19-33(38)41-36(27-10-3-1-4-11-27)39-31-17-7-14-26-15-8-18-32(35(26)31)40(39)37(42(34)41)28-12-5-2-6-13-28/h1-22H. The second kappa shape index (κ2) is 9.14. The molecule has 0 saturated carbocycles. The highest BCUT2D eigenvalue weighted by molar-refractivity contribution is 6.46. The Bertz CT molecular complexity index is 2560. The van der Waals surface area contributed by atoms with Gasteiger partial charge in [-0.05, 0) is 98.5 Å². The van der Waals surface area contributed by atoms with E-state index in [1.807, 2.05) is 12.1 Å². The van der Waals surface area contributed by atoms with Crippen molar-refractivity contribution in [3.05, 3.63) is 139 Å². The highest BCUT2D eigenvalue weighted by Gasteiger charge is 2.27. The van der Waals surface area contributed by atoms with Crippen molar-refractivity contribution in [2.24, 2.45) is 0 Å². The summed E-state index contributed by atoms with van der Waals surface area (Å²) < 4.78 is 0. The molecule has 0 atom stereocenters. The van der Waals surface area contributed by atoms with Gasteiger partial charge in [0.1, 0.15) is 17.7 Å². The molecule has 200 valence electrons. The van der Waals surface area contributed by atoms with Gasteiger partial charge in [-0.2, -0.15) is 10.5 Å². The summed E-state index contributed by atoms with van der Waals surface area (Å²) in [6, 6.07) is 49.7. The van der Waals surface area contributed by atoms with Gasteiger partial charge in [0.25, 0.3) is 0 Å². The maximum absolute atomic E-state index is 9.54. The molecule has 44 heavy (non-hydrogen) atoms. The molecule has 0 aliphatic heterocycles. The Hall–Kier alpha value is -6.22. The highest BCUT2D eigenvalue weighted by atomic mass is 14.3. The molecule has 9 aromatic rings. The monoisotopic (exact) mass is 554 g/mol. The average Bonchev–Trinajstić information content (AvgIpc) is 3.60. The fraction of sp³-hybridized carbons (Fsp3) is 0. The molecule has 0 spiro atoms. The van der Waals surface area contributed by atoms with Gasteiger partial charge in [0.2, 0.25) is 0 Å². The van der Waals surface area contributed by atoms with Gasteiger partial charge in [-0.3, -0.25) is 0 Å². The lowest BCUT2D eigenvalue weighted by molar-refractivity contribution is 1.47. The van der Waals surface area contributed by atoms with E-state index in [1.54, 1.807) is 6.08 Å². The molecule has 0 aromatic heterocycles. The van der Waals surface area contributed by atoms with Crippen molar-refractivity contribution in [3.8, 4) is 34.4 Å². The summed E-state index contributed by atoms with van der Waals surface area (Å²) in [4.78, 5) is 0. The van der Waals surface area contributed by atoms with Crippen LogP contribution in [0.5, 0.6) is 0 Å². The maximum atomic E-state index is 9.54. The van der Waals surface area contributed by atoms with Crippen molar-refractivity contribution in [2.45, 2.75) is 0 Å². The molecule has 0 amide bonds. The van der Waals surface area contributed by atoms with Crippen LogP contribution in [0.15, 0.2) is 133 Å². The van der Waals surface area contributed by atoms with Gasteiger partial charge in [0.15, 0.2) is 0 Å². The summed E-state index contributed by atoms with van der Waals surface area (Å²) in [5.74, 6) is 0. The molecule has 0 saturated heterocycles. The van der Waals surface area contributed by atoms with Crippen LogP contribution in [0.1, 0.15) is 5.56 Å². The Labute approximate surface area is 253 Å². The molecule has 0 radical (unpaired) electrons. The minimum Gasteiger partial charge on any atom is -0.192 e. The third kappa shape index (κ3) is 3.17. The molecule has 9 rings (SSSR count). The zero-order valence-corrected chi connectivity index (χ0v) is 23.6. The quantitative estimate of drug-likeness (QED) is 0.204. The van der Waals surface area contributed by atoms with Crippen LogP contribution < -0.4 is 0 Å². The van der Waals surface area contributed by atoms with Crippen LogP contribution in [0.2, 0.25) is 0 Å². The SMILES string of the molecule is N#CC(C#N)=Cc1ccc2c3c(-c4ccccc4)c4c5cccc6cccc(c4c(-c4ccccc4)c3c3cccc1c32)c65. The lowest BCUT2D eigenvalue weighted by Gasteiger charge is -2.15. The van der Waals surface area contributed by atoms with Gasteiger partial charge < -0.3 is 0 Å². The van der Waals surface area contributed by atoms with Crippen molar-refractivity contribution in [1.82, 2.24) is 0 Å². The second-order valence-electron chi connectivity index (χ2n) is 11.4. The largest absolute Gasteiger partial charge is 0.192 e. The summed E-state index contributed by atoms with van der Waals surface area (Å²) in [5.41, 5.74) is 5.83. The van der Waals surface area contributed by atoms with Gasteiger partial charge in [-0.1, -0.05) is 127 Å². The minimum atomic E-state index is 0.0971. The first-order valence-electron chi connectivity index (χ1n) is 14.7. The lowest BCUT2D eigenvalue weighted by atomic mass is 9.87. The molecule has 0 aliphatic carbocycles. The number of fused-ring (bicyclic) bond motifs is 6. The average molecular weight is 555 g/mol. The summed E-state index contributed by atoms with van der Waals surface area (Å²) in [7, 11) is 0. The molecule has 0 heterocycles. The van der Waals surface area contributed by atoms with Gasteiger partial charge >= 0.3 is 0 Å². The maximum Gasteiger partial charge on any atom is 0.130 e. The van der Waals surface area contributed by atoms with Crippen LogP contribution in [-0.4, -0.2) is 0 Å². The van der Waals surface area contributed by atoms with Crippen LogP contribution in [0.4, 0.5) is 0 Å². The van der Waals surface area contributed by atoms with Crippen molar-refractivity contribution < 1.29 is 0 Å². The van der Waals surface area contributed by atoms with Gasteiger partial charge in [-0.15, -0.1) is 0 Å². The van der Waals surface area contributed by atoms with Crippen LogP contribution >= 0.6 is 0 Å². The van der Waals surface area contributed by atoms with Crippen molar-refractivity contribution >= 4 is 70.7 Å². The third-order valence-corrected chi connectivity index (χ3v) is 9.22. The van der Waals surface area contributed by atoms with E-state index in [-0.39, 0.29) is 5.57 Å². The minimum absolute atomic E-state index is 0.0971. The first-order chi connectivity index (χ1) is 21.8. The fourth-order valence-electron chi connectivity index (χ4n) is 7.59. The van der Waals surface area contributed by atoms with E-state index in [1.165, 1.54) is 76.1 Å². The Morgan fingerprint density at radius 3 is 1.39 bits per heavy atom. The highest BCUT2D eigenvalue weighted by Crippen LogP contribution is 2.55. The lowest BCUT2D eigenvalue weighted by Crippen LogP contribution is -1.87. The zero-order valence-electron chi connectivity index (χ0n) is 23.6. The summed E-state index contributed by atoms with van der Waals surface area (Å²) in [5, 5.41) is 33.8. The zero-order chi connectivity index (χ0) is 29.4. The number of hydrogen-bond donors (Lipinski definition) is 0. The van der Waals surface area contributed by atoms with E-state index in [0.29, 0.717) is 0 Å². The van der Waals surface area contributed by atoms with Crippen LogP contribution in [0.25, 0.3) is 93.0 Å². The van der Waals surface area contributed by atoms with Crippen molar-refractivity contribution in [2.75, 3.05) is 0 Å². The molecule has 2 heteroatoms. The van der Waals surface area contributed by atoms with E-state index in [4.69, 9.17) is 0 Å². The van der Waals surface area contributed by atoms with E-state index >= 15 is 0 Å². The molecule has 2 nitrogen and oxygen atoms in total. The molecular weight excluding hydrogens is 532 g/mol. The van der Waals surface area contributed by atoms with E-state index < -0.39 is 0 Å². The van der Waals surface area contributed by atoms with Crippen LogP contribution in [0, 0.1) is 22.7 Å². The van der Waals surface area contributed by atoms with Gasteiger partial charge in [0.05, 0.1) is 0 Å². The van der Waals surface area contributed by atoms with E-state index in [9.17, 15) is 10.5 Å². The Morgan fingerprint density at radius 2 is 0.864 bits per heavy atom. The second-order valence-corrected chi connectivity index (χ2v) is 11.4. The molecule has 0 aliphatic rings. The first kappa shape index (κ1) is 24.4. The number of allylic oxidation sites excluding steroid dienone is 1. The Balaban J connectivity index is 1.64. The molecule has 0 bridgehead atoms. The number of hydrogen-bond acceptors (Lipinski definition) is 2. The first-order valence-corrected chi connectivity index (χ1v) is 14.7. The predicted octanol–water partition coefficient (Wildman–Crippen LogP) is 11.2. The van der Waals surface area contributed by atoms with Crippen LogP contribution in [0.3, 0.4) is 0 Å². The molecule has 9 aromatic carbocycles. The summed E-state index contributed by atoms with van der Waals surface area (Å²) in [6.45, 7) is 0. The predicted molar refractivity (Wildman–Crippen MR) is 184 cm³/mol. The summed E-state index contributed by atoms with van der Waals surface area (Å²) >= 11 is 0. The Kier molecular flexibility index (Phi) is 5.06. The normalized spacial score (nSPS) is 11.6. The topological polar surface area (TPSA) is 47.6 Å². The number of nitrogens with zero attached hydrogens (tertiary/aromatic N) is 2. The molecule has 0 fully saturated rings. The number of rotatable bonds is 3. The number of benzene rings is 7. The van der Waals surface area contributed by atoms with E-state index in [0.717, 1.165) is 16.3 Å². The fourth-order valence-corrected chi connectivity index (χ4v) is 7.59. The molecule has 0 unspecified atom stereocenters. The van der Waals surface area contributed by atoms with Gasteiger partial charge in [0, 0.05) is 0 Å². The smallest absolute Gasteiger partial charge is 0.130 e. The van der Waals surface area contributed by atoms with Crippen molar-refractivity contribution in [3.63, 3.8) is 0 Å². The third-order valence-electron chi connectivity index (χ3n) is 9.22.